The normalized spacial score (nSPS) is 11.5. The molecular formula is C20H19NO7. The Bertz CT molecular complexity index is 1090. The minimum Gasteiger partial charge on any atom is -0.496 e. The second-order valence-corrected chi connectivity index (χ2v) is 5.91. The minimum atomic E-state index is -1.29. The Morgan fingerprint density at radius 2 is 2.00 bits per heavy atom. The summed E-state index contributed by atoms with van der Waals surface area (Å²) in [4.78, 5) is 23.3. The van der Waals surface area contributed by atoms with Crippen LogP contribution < -0.4 is 20.6 Å². The van der Waals surface area contributed by atoms with Gasteiger partial charge in [-0.15, -0.1) is 0 Å². The summed E-state index contributed by atoms with van der Waals surface area (Å²) in [6.07, 6.45) is 0. The van der Waals surface area contributed by atoms with E-state index in [0.29, 0.717) is 30.0 Å². The number of ether oxygens (including phenoxy) is 2. The zero-order valence-electron chi connectivity index (χ0n) is 15.1. The average molecular weight is 385 g/mol. The lowest BCUT2D eigenvalue weighted by atomic mass is 9.95. The van der Waals surface area contributed by atoms with Gasteiger partial charge >= 0.3 is 5.97 Å². The molecule has 0 fully saturated rings. The Hall–Kier alpha value is -3.36. The van der Waals surface area contributed by atoms with Crippen LogP contribution >= 0.6 is 0 Å². The number of carbonyl (C=O) groups is 1. The first-order valence-corrected chi connectivity index (χ1v) is 8.45. The Kier molecular flexibility index (Phi) is 5.62. The van der Waals surface area contributed by atoms with E-state index in [4.69, 9.17) is 29.8 Å². The van der Waals surface area contributed by atoms with Crippen molar-refractivity contribution in [3.63, 3.8) is 0 Å². The zero-order chi connectivity index (χ0) is 20.3. The molecule has 0 radical (unpaired) electrons. The van der Waals surface area contributed by atoms with Gasteiger partial charge in [-0.1, -0.05) is 12.1 Å². The van der Waals surface area contributed by atoms with Crippen LogP contribution in [0.5, 0.6) is 11.5 Å². The van der Waals surface area contributed by atoms with Crippen molar-refractivity contribution in [2.24, 2.45) is 5.73 Å². The molecule has 0 saturated heterocycles. The topological polar surface area (TPSA) is 132 Å². The molecule has 0 unspecified atom stereocenters. The van der Waals surface area contributed by atoms with E-state index in [0.717, 1.165) is 22.8 Å². The van der Waals surface area contributed by atoms with E-state index in [2.05, 4.69) is 0 Å². The van der Waals surface area contributed by atoms with E-state index in [-0.39, 0.29) is 12.2 Å². The number of rotatable bonds is 3. The van der Waals surface area contributed by atoms with E-state index in [9.17, 15) is 9.59 Å². The van der Waals surface area contributed by atoms with E-state index in [1.807, 2.05) is 18.2 Å². The Balaban J connectivity index is 0.000000516. The first-order valence-electron chi connectivity index (χ1n) is 8.45. The summed E-state index contributed by atoms with van der Waals surface area (Å²) in [6, 6.07) is 9.85. The molecule has 3 aromatic rings. The molecule has 0 bridgehead atoms. The molecule has 8 heteroatoms. The monoisotopic (exact) mass is 385 g/mol. The van der Waals surface area contributed by atoms with E-state index < -0.39 is 17.2 Å². The van der Waals surface area contributed by atoms with Crippen LogP contribution in [-0.2, 0) is 6.61 Å². The van der Waals surface area contributed by atoms with Gasteiger partial charge in [0, 0.05) is 29.8 Å². The summed E-state index contributed by atoms with van der Waals surface area (Å²) >= 11 is 0. The van der Waals surface area contributed by atoms with Gasteiger partial charge in [-0.2, -0.15) is 0 Å². The number of carboxylic acid groups (broad SMARTS) is 1. The fourth-order valence-corrected chi connectivity index (χ4v) is 2.93. The maximum absolute atomic E-state index is 12.2. The third kappa shape index (κ3) is 3.55. The number of nitrogens with two attached hydrogens (primary N) is 1. The minimum absolute atomic E-state index is 0.0972. The molecular weight excluding hydrogens is 366 g/mol. The third-order valence-corrected chi connectivity index (χ3v) is 4.18. The van der Waals surface area contributed by atoms with Crippen LogP contribution in [0.1, 0.15) is 16.1 Å². The van der Waals surface area contributed by atoms with Gasteiger partial charge in [0.25, 0.3) is 0 Å². The van der Waals surface area contributed by atoms with Crippen LogP contribution in [0.2, 0.25) is 0 Å². The quantitative estimate of drug-likeness (QED) is 0.624. The van der Waals surface area contributed by atoms with Gasteiger partial charge < -0.3 is 29.8 Å². The zero-order valence-corrected chi connectivity index (χ0v) is 15.1. The summed E-state index contributed by atoms with van der Waals surface area (Å²) in [7, 11) is 1.59. The predicted molar refractivity (Wildman–Crippen MR) is 102 cm³/mol. The Labute approximate surface area is 159 Å². The lowest BCUT2D eigenvalue weighted by Gasteiger charge is -2.22. The van der Waals surface area contributed by atoms with Gasteiger partial charge in [-0.05, 0) is 17.7 Å². The molecule has 0 spiro atoms. The smallest absolute Gasteiger partial charge is 0.371 e. The molecule has 1 aromatic heterocycles. The average Bonchev–Trinajstić information content (AvgIpc) is 2.71. The van der Waals surface area contributed by atoms with Crippen LogP contribution in [-0.4, -0.2) is 36.4 Å². The molecule has 28 heavy (non-hydrogen) atoms. The van der Waals surface area contributed by atoms with Crippen LogP contribution in [0.3, 0.4) is 0 Å². The maximum atomic E-state index is 12.2. The van der Waals surface area contributed by atoms with Crippen molar-refractivity contribution in [3.05, 3.63) is 57.9 Å². The van der Waals surface area contributed by atoms with E-state index in [1.54, 1.807) is 19.2 Å². The van der Waals surface area contributed by atoms with Crippen molar-refractivity contribution in [2.75, 3.05) is 20.3 Å². The lowest BCUT2D eigenvalue weighted by Crippen LogP contribution is -2.10. The second kappa shape index (κ2) is 8.12. The molecule has 0 saturated carbocycles. The first-order chi connectivity index (χ1) is 13.5. The van der Waals surface area contributed by atoms with Gasteiger partial charge in [-0.25, -0.2) is 4.79 Å². The predicted octanol–water partition coefficient (Wildman–Crippen LogP) is 2.00. The Morgan fingerprint density at radius 3 is 2.64 bits per heavy atom. The largest absolute Gasteiger partial charge is 0.496 e. The number of hydrogen-bond donors (Lipinski definition) is 3. The Morgan fingerprint density at radius 1 is 1.25 bits per heavy atom. The second-order valence-electron chi connectivity index (χ2n) is 5.91. The van der Waals surface area contributed by atoms with Crippen molar-refractivity contribution in [2.45, 2.75) is 6.61 Å². The molecule has 1 aliphatic rings. The molecule has 2 heterocycles. The molecule has 4 N–H and O–H groups in total. The number of aliphatic hydroxyl groups excluding tert-OH is 1. The van der Waals surface area contributed by atoms with Crippen LogP contribution in [0.25, 0.3) is 22.1 Å². The van der Waals surface area contributed by atoms with Gasteiger partial charge in [0.05, 0.1) is 19.1 Å². The van der Waals surface area contributed by atoms with Crippen molar-refractivity contribution < 1.29 is 28.9 Å². The third-order valence-electron chi connectivity index (χ3n) is 4.18. The van der Waals surface area contributed by atoms with Gasteiger partial charge in [0.2, 0.25) is 5.76 Å². The van der Waals surface area contributed by atoms with Crippen molar-refractivity contribution in [1.29, 1.82) is 0 Å². The SMILES string of the molecule is COc1cccc2c1COc1cc3oc(C(=O)O)cc(=O)c3cc1-2.NCCO. The lowest BCUT2D eigenvalue weighted by molar-refractivity contribution is 0.0663. The molecule has 4 rings (SSSR count). The molecule has 1 aliphatic heterocycles. The maximum Gasteiger partial charge on any atom is 0.371 e. The standard InChI is InChI=1S/C18H12O6.C2H7NO/c1-22-14-4-2-3-9-10-5-11-13(19)6-17(18(20)21)24-16(11)7-15(10)23-8-12(9)14;3-1-2-4/h2-7H,8H2,1H3,(H,20,21);4H,1-3H2. The number of fused-ring (bicyclic) bond motifs is 4. The summed E-state index contributed by atoms with van der Waals surface area (Å²) < 4.78 is 16.4. The number of benzene rings is 2. The fourth-order valence-electron chi connectivity index (χ4n) is 2.93. The molecule has 0 aliphatic carbocycles. The summed E-state index contributed by atoms with van der Waals surface area (Å²) in [5.41, 5.74) is 7.12. The summed E-state index contributed by atoms with van der Waals surface area (Å²) in [5, 5.41) is 17.1. The van der Waals surface area contributed by atoms with Gasteiger partial charge in [0.1, 0.15) is 23.7 Å². The van der Waals surface area contributed by atoms with Crippen molar-refractivity contribution in [3.8, 4) is 22.6 Å². The molecule has 8 nitrogen and oxygen atoms in total. The number of aliphatic hydroxyl groups is 1. The molecule has 2 aromatic carbocycles. The number of hydrogen-bond acceptors (Lipinski definition) is 7. The summed E-state index contributed by atoms with van der Waals surface area (Å²) in [6.45, 7) is 0.792. The highest BCUT2D eigenvalue weighted by Crippen LogP contribution is 2.42. The van der Waals surface area contributed by atoms with E-state index >= 15 is 0 Å². The van der Waals surface area contributed by atoms with Crippen LogP contribution in [0, 0.1) is 0 Å². The molecule has 0 atom stereocenters. The molecule has 146 valence electrons. The number of methoxy groups -OCH3 is 1. The fraction of sp³-hybridized carbons (Fsp3) is 0.200. The molecule has 0 amide bonds. The van der Waals surface area contributed by atoms with Crippen LogP contribution in [0.15, 0.2) is 45.6 Å². The first kappa shape index (κ1) is 19.4. The summed E-state index contributed by atoms with van der Waals surface area (Å²) in [5.74, 6) is -0.437. The van der Waals surface area contributed by atoms with Crippen molar-refractivity contribution >= 4 is 16.9 Å². The van der Waals surface area contributed by atoms with Gasteiger partial charge in [-0.3, -0.25) is 4.79 Å². The van der Waals surface area contributed by atoms with Crippen LogP contribution in [0.4, 0.5) is 0 Å². The highest BCUT2D eigenvalue weighted by atomic mass is 16.5. The number of aromatic carboxylic acids is 1. The van der Waals surface area contributed by atoms with Gasteiger partial charge in [0.15, 0.2) is 5.43 Å². The van der Waals surface area contributed by atoms with Crippen molar-refractivity contribution in [1.82, 2.24) is 0 Å². The highest BCUT2D eigenvalue weighted by Gasteiger charge is 2.22. The highest BCUT2D eigenvalue weighted by molar-refractivity contribution is 5.92. The number of carboxylic acids is 1. The van der Waals surface area contributed by atoms with E-state index in [1.165, 1.54) is 0 Å².